The molecule has 0 saturated heterocycles. The Hall–Kier alpha value is -8.30. The van der Waals surface area contributed by atoms with E-state index in [1.807, 2.05) is 11.3 Å². The smallest absolute Gasteiger partial charge is 0.0714 e. The molecule has 1 aliphatic carbocycles. The lowest BCUT2D eigenvalue weighted by molar-refractivity contribution is 0.768. The second-order valence-corrected chi connectivity index (χ2v) is 18.5. The average Bonchev–Trinajstić information content (AvgIpc) is 3.95. The number of para-hydroxylation sites is 1. The largest absolute Gasteiger partial charge is 0.309 e. The Bertz CT molecular complexity index is 3750. The molecule has 13 rings (SSSR count). The van der Waals surface area contributed by atoms with E-state index in [4.69, 9.17) is 0 Å². The van der Waals surface area contributed by atoms with Crippen LogP contribution < -0.4 is 4.90 Å². The summed E-state index contributed by atoms with van der Waals surface area (Å²) in [4.78, 5) is 2.61. The minimum Gasteiger partial charge on any atom is -0.309 e. The number of rotatable bonds is 8. The Morgan fingerprint density at radius 1 is 0.299 bits per heavy atom. The molecule has 1 heterocycles. The van der Waals surface area contributed by atoms with Crippen molar-refractivity contribution >= 4 is 59.3 Å². The maximum Gasteiger partial charge on any atom is 0.0714 e. The minimum atomic E-state index is -0.558. The molecule has 0 saturated carbocycles. The molecule has 12 aromatic rings. The van der Waals surface area contributed by atoms with Crippen LogP contribution in [0.5, 0.6) is 0 Å². The van der Waals surface area contributed by atoms with Gasteiger partial charge in [-0.1, -0.05) is 243 Å². The van der Waals surface area contributed by atoms with E-state index in [9.17, 15) is 0 Å². The summed E-state index contributed by atoms with van der Waals surface area (Å²) in [5, 5.41) is 4.94. The van der Waals surface area contributed by atoms with Crippen LogP contribution in [-0.4, -0.2) is 0 Å². The predicted octanol–water partition coefficient (Wildman–Crippen LogP) is 18.0. The van der Waals surface area contributed by atoms with Crippen LogP contribution in [0, 0.1) is 0 Å². The van der Waals surface area contributed by atoms with Gasteiger partial charge in [-0.15, -0.1) is 11.3 Å². The summed E-state index contributed by atoms with van der Waals surface area (Å²) in [6.07, 6.45) is 0. The van der Waals surface area contributed by atoms with Gasteiger partial charge in [-0.25, -0.2) is 0 Å². The van der Waals surface area contributed by atoms with Gasteiger partial charge in [-0.05, 0) is 84.6 Å². The molecular weight excluding hydrogens is 827 g/mol. The minimum absolute atomic E-state index is 0.558. The molecule has 0 radical (unpaired) electrons. The summed E-state index contributed by atoms with van der Waals surface area (Å²) >= 11 is 1.91. The normalized spacial score (nSPS) is 12.6. The molecule has 2 heteroatoms. The van der Waals surface area contributed by atoms with E-state index in [-0.39, 0.29) is 0 Å². The van der Waals surface area contributed by atoms with Gasteiger partial charge in [-0.3, -0.25) is 0 Å². The number of nitrogens with zero attached hydrogens (tertiary/aromatic N) is 1. The van der Waals surface area contributed by atoms with Crippen LogP contribution in [0.25, 0.3) is 75.5 Å². The van der Waals surface area contributed by atoms with E-state index in [2.05, 4.69) is 266 Å². The molecule has 1 nitrogen and oxygen atoms in total. The molecule has 0 amide bonds. The van der Waals surface area contributed by atoms with E-state index in [0.717, 1.165) is 17.1 Å². The van der Waals surface area contributed by atoms with E-state index < -0.39 is 5.41 Å². The van der Waals surface area contributed by atoms with E-state index in [1.165, 1.54) is 97.7 Å². The summed E-state index contributed by atoms with van der Waals surface area (Å²) in [5.74, 6) is 0. The molecule has 0 aliphatic heterocycles. The fraction of sp³-hybridized carbons (Fsp3) is 0.0154. The van der Waals surface area contributed by atoms with E-state index >= 15 is 0 Å². The first-order chi connectivity index (χ1) is 33.3. The highest BCUT2D eigenvalue weighted by molar-refractivity contribution is 7.27. The standard InChI is InChI=1S/C65H43NS/c1-5-22-45(23-6-1)50-35-20-37-55-62-60(43-42-51(64(62)67-63(50)55)46-24-7-2-8-25-46)66(58-40-18-16-33-53(58)52-36-19-27-44-26-13-14-32-49(44)52)59-41-21-39-57-61(59)54-34-15-17-38-56(54)65(57,47-28-9-3-10-29-47)48-30-11-4-12-31-48/h1-43H. The molecule has 0 spiro atoms. The van der Waals surface area contributed by atoms with Crippen LogP contribution in [0.2, 0.25) is 0 Å². The zero-order valence-corrected chi connectivity index (χ0v) is 37.5. The summed E-state index contributed by atoms with van der Waals surface area (Å²) in [6.45, 7) is 0. The first-order valence-corrected chi connectivity index (χ1v) is 23.9. The molecule has 0 bridgehead atoms. The second kappa shape index (κ2) is 16.0. The van der Waals surface area contributed by atoms with Gasteiger partial charge in [0, 0.05) is 31.3 Å². The number of fused-ring (bicyclic) bond motifs is 7. The van der Waals surface area contributed by atoms with Crippen molar-refractivity contribution < 1.29 is 0 Å². The number of hydrogen-bond donors (Lipinski definition) is 0. The number of thiophene rings is 1. The van der Waals surface area contributed by atoms with Crippen molar-refractivity contribution in [1.29, 1.82) is 0 Å². The van der Waals surface area contributed by atoms with Crippen molar-refractivity contribution in [2.45, 2.75) is 5.41 Å². The summed E-state index contributed by atoms with van der Waals surface area (Å²) < 4.78 is 2.55. The zero-order chi connectivity index (χ0) is 44.3. The lowest BCUT2D eigenvalue weighted by Gasteiger charge is -2.35. The van der Waals surface area contributed by atoms with E-state index in [1.54, 1.807) is 0 Å². The van der Waals surface area contributed by atoms with Crippen LogP contribution in [0.1, 0.15) is 22.3 Å². The number of anilines is 3. The highest BCUT2D eigenvalue weighted by Gasteiger charge is 2.47. The van der Waals surface area contributed by atoms with Crippen LogP contribution in [0.3, 0.4) is 0 Å². The van der Waals surface area contributed by atoms with Crippen molar-refractivity contribution in [3.8, 4) is 44.5 Å². The van der Waals surface area contributed by atoms with Crippen LogP contribution >= 0.6 is 11.3 Å². The number of benzene rings is 11. The summed E-state index contributed by atoms with van der Waals surface area (Å²) in [6, 6.07) is 96.4. The molecule has 1 aliphatic rings. The summed E-state index contributed by atoms with van der Waals surface area (Å²) in [7, 11) is 0. The topological polar surface area (TPSA) is 3.24 Å². The average molecular weight is 870 g/mol. The van der Waals surface area contributed by atoms with Crippen molar-refractivity contribution in [2.24, 2.45) is 0 Å². The first kappa shape index (κ1) is 39.1. The fourth-order valence-corrected chi connectivity index (χ4v) is 12.6. The van der Waals surface area contributed by atoms with Gasteiger partial charge in [0.05, 0.1) is 22.5 Å². The third-order valence-corrected chi connectivity index (χ3v) is 15.2. The Kier molecular flexibility index (Phi) is 9.33. The quantitative estimate of drug-likeness (QED) is 0.147. The van der Waals surface area contributed by atoms with Crippen molar-refractivity contribution in [2.75, 3.05) is 4.90 Å². The Morgan fingerprint density at radius 2 is 0.791 bits per heavy atom. The van der Waals surface area contributed by atoms with Crippen molar-refractivity contribution in [3.63, 3.8) is 0 Å². The Balaban J connectivity index is 1.19. The lowest BCUT2D eigenvalue weighted by Crippen LogP contribution is -2.28. The van der Waals surface area contributed by atoms with Gasteiger partial charge < -0.3 is 4.90 Å². The van der Waals surface area contributed by atoms with Gasteiger partial charge in [0.2, 0.25) is 0 Å². The third kappa shape index (κ3) is 6.07. The molecule has 0 unspecified atom stereocenters. The van der Waals surface area contributed by atoms with Crippen molar-refractivity contribution in [3.05, 3.63) is 283 Å². The van der Waals surface area contributed by atoms with Crippen LogP contribution in [0.4, 0.5) is 17.1 Å². The first-order valence-electron chi connectivity index (χ1n) is 23.1. The highest BCUT2D eigenvalue weighted by atomic mass is 32.1. The number of hydrogen-bond acceptors (Lipinski definition) is 2. The van der Waals surface area contributed by atoms with Gasteiger partial charge in [-0.2, -0.15) is 0 Å². The second-order valence-electron chi connectivity index (χ2n) is 17.5. The SMILES string of the molecule is c1ccc(-c2cccc3c2sc2c(-c4ccccc4)ccc(N(c4ccccc4-c4cccc5ccccc45)c4cccc5c4-c4ccccc4C5(c4ccccc4)c4ccccc4)c23)cc1. The maximum absolute atomic E-state index is 2.61. The lowest BCUT2D eigenvalue weighted by atomic mass is 9.68. The predicted molar refractivity (Wildman–Crippen MR) is 285 cm³/mol. The van der Waals surface area contributed by atoms with Gasteiger partial charge >= 0.3 is 0 Å². The molecule has 11 aromatic carbocycles. The zero-order valence-electron chi connectivity index (χ0n) is 36.7. The molecular formula is C65H43NS. The van der Waals surface area contributed by atoms with Crippen molar-refractivity contribution in [1.82, 2.24) is 0 Å². The molecule has 67 heavy (non-hydrogen) atoms. The Morgan fingerprint density at radius 3 is 1.52 bits per heavy atom. The summed E-state index contributed by atoms with van der Waals surface area (Å²) in [5.41, 5.74) is 17.7. The fourth-order valence-electron chi connectivity index (χ4n) is 11.2. The van der Waals surface area contributed by atoms with Crippen LogP contribution in [0.15, 0.2) is 261 Å². The molecule has 314 valence electrons. The van der Waals surface area contributed by atoms with Crippen LogP contribution in [-0.2, 0) is 5.41 Å². The molecule has 0 N–H and O–H groups in total. The molecule has 0 fully saturated rings. The molecule has 0 atom stereocenters. The van der Waals surface area contributed by atoms with Gasteiger partial charge in [0.15, 0.2) is 0 Å². The van der Waals surface area contributed by atoms with Gasteiger partial charge in [0.1, 0.15) is 0 Å². The molecule has 1 aromatic heterocycles. The van der Waals surface area contributed by atoms with Gasteiger partial charge in [0.25, 0.3) is 0 Å². The van der Waals surface area contributed by atoms with E-state index in [0.29, 0.717) is 0 Å². The maximum atomic E-state index is 2.61. The third-order valence-electron chi connectivity index (χ3n) is 14.0. The monoisotopic (exact) mass is 869 g/mol. The Labute approximate surface area is 395 Å². The highest BCUT2D eigenvalue weighted by Crippen LogP contribution is 2.61.